The van der Waals surface area contributed by atoms with Crippen molar-refractivity contribution >= 4 is 34.1 Å². The molecular formula is C24H26FNO3S. The lowest BCUT2D eigenvalue weighted by Crippen LogP contribution is -2.21. The fraction of sp³-hybridized carbons (Fsp3) is 0.333. The molecule has 0 bridgehead atoms. The van der Waals surface area contributed by atoms with Gasteiger partial charge in [-0.2, -0.15) is 0 Å². The van der Waals surface area contributed by atoms with Crippen LogP contribution in [-0.2, 0) is 4.79 Å². The Labute approximate surface area is 181 Å². The van der Waals surface area contributed by atoms with E-state index in [9.17, 15) is 14.3 Å². The Morgan fingerprint density at radius 1 is 1.23 bits per heavy atom. The monoisotopic (exact) mass is 427 g/mol. The van der Waals surface area contributed by atoms with E-state index in [-0.39, 0.29) is 11.7 Å². The van der Waals surface area contributed by atoms with Crippen molar-refractivity contribution in [2.75, 3.05) is 7.11 Å². The first-order valence-electron chi connectivity index (χ1n) is 9.93. The van der Waals surface area contributed by atoms with Gasteiger partial charge in [0.1, 0.15) is 4.99 Å². The Bertz CT molecular complexity index is 1120. The Balaban J connectivity index is 2.36. The number of carboxylic acids is 1. The number of carbonyl (C=O) groups is 1. The molecule has 1 heterocycles. The molecule has 3 rings (SSSR count). The summed E-state index contributed by atoms with van der Waals surface area (Å²) >= 11 is 5.77. The number of hydrogen-bond donors (Lipinski definition) is 1. The average molecular weight is 428 g/mol. The molecule has 30 heavy (non-hydrogen) atoms. The molecule has 158 valence electrons. The van der Waals surface area contributed by atoms with Crippen molar-refractivity contribution in [2.24, 2.45) is 5.92 Å². The van der Waals surface area contributed by atoms with Gasteiger partial charge < -0.3 is 14.4 Å². The molecule has 3 aromatic rings. The first-order chi connectivity index (χ1) is 14.2. The van der Waals surface area contributed by atoms with E-state index in [4.69, 9.17) is 17.0 Å². The molecule has 1 N–H and O–H groups in total. The van der Waals surface area contributed by atoms with Crippen molar-refractivity contribution in [1.82, 2.24) is 4.57 Å². The molecule has 1 aromatic heterocycles. The standard InChI is InChI=1S/C24H26FNO3S/c1-6-14(3)21(24(27)28)22-15(4)26(23(30)16-9-7-13(2)8-10-16)19-12-18(25)20(29-5)11-17(19)22/h7-12,14,21H,6H2,1-5H3,(H,27,28)/t14?,21-/m0/s1. The maximum atomic E-state index is 14.6. The topological polar surface area (TPSA) is 51.5 Å². The van der Waals surface area contributed by atoms with Gasteiger partial charge in [0, 0.05) is 22.7 Å². The molecule has 0 amide bonds. The smallest absolute Gasteiger partial charge is 0.311 e. The highest BCUT2D eigenvalue weighted by molar-refractivity contribution is 7.80. The van der Waals surface area contributed by atoms with Crippen molar-refractivity contribution in [3.63, 3.8) is 0 Å². The summed E-state index contributed by atoms with van der Waals surface area (Å²) in [5, 5.41) is 10.7. The lowest BCUT2D eigenvalue weighted by atomic mass is 9.84. The summed E-state index contributed by atoms with van der Waals surface area (Å²) in [6.07, 6.45) is 0.698. The number of hydrogen-bond acceptors (Lipinski definition) is 3. The number of thiocarbonyl (C=S) groups is 1. The lowest BCUT2D eigenvalue weighted by molar-refractivity contribution is -0.140. The van der Waals surface area contributed by atoms with Crippen molar-refractivity contribution in [3.05, 3.63) is 64.6 Å². The van der Waals surface area contributed by atoms with E-state index in [0.717, 1.165) is 11.1 Å². The highest BCUT2D eigenvalue weighted by atomic mass is 32.1. The van der Waals surface area contributed by atoms with E-state index in [2.05, 4.69) is 0 Å². The third kappa shape index (κ3) is 3.72. The van der Waals surface area contributed by atoms with E-state index in [1.54, 1.807) is 10.6 Å². The minimum Gasteiger partial charge on any atom is -0.494 e. The van der Waals surface area contributed by atoms with Gasteiger partial charge in [0.15, 0.2) is 11.6 Å². The molecule has 1 unspecified atom stereocenters. The molecule has 0 fully saturated rings. The normalized spacial score (nSPS) is 13.3. The molecule has 0 saturated carbocycles. The average Bonchev–Trinajstić information content (AvgIpc) is 2.98. The summed E-state index contributed by atoms with van der Waals surface area (Å²) in [6, 6.07) is 10.7. The molecule has 4 nitrogen and oxygen atoms in total. The minimum absolute atomic E-state index is 0.0791. The molecule has 0 spiro atoms. The molecule has 6 heteroatoms. The van der Waals surface area contributed by atoms with Gasteiger partial charge in [0.05, 0.1) is 18.5 Å². The SMILES string of the molecule is CCC(C)[C@H](C(=O)O)c1c(C)n(C(=S)c2ccc(C)cc2)c2cc(F)c(OC)cc12. The summed E-state index contributed by atoms with van der Waals surface area (Å²) in [4.78, 5) is 12.8. The fourth-order valence-electron chi connectivity index (χ4n) is 3.96. The van der Waals surface area contributed by atoms with Crippen molar-refractivity contribution in [3.8, 4) is 5.75 Å². The lowest BCUT2D eigenvalue weighted by Gasteiger charge is -2.20. The fourth-order valence-corrected chi connectivity index (χ4v) is 4.33. The summed E-state index contributed by atoms with van der Waals surface area (Å²) < 4.78 is 21.6. The second-order valence-corrected chi connectivity index (χ2v) is 8.10. The number of carboxylic acid groups (broad SMARTS) is 1. The van der Waals surface area contributed by atoms with Crippen LogP contribution in [0.4, 0.5) is 4.39 Å². The number of aliphatic carboxylic acids is 1. The zero-order chi connectivity index (χ0) is 22.2. The number of nitrogens with zero attached hydrogens (tertiary/aromatic N) is 1. The zero-order valence-corrected chi connectivity index (χ0v) is 18.6. The second kappa shape index (κ2) is 8.56. The number of methoxy groups -OCH3 is 1. The molecule has 0 aliphatic rings. The maximum absolute atomic E-state index is 14.6. The number of ether oxygens (including phenoxy) is 1. The van der Waals surface area contributed by atoms with Gasteiger partial charge in [0.2, 0.25) is 0 Å². The van der Waals surface area contributed by atoms with Crippen molar-refractivity contribution in [2.45, 2.75) is 40.0 Å². The maximum Gasteiger partial charge on any atom is 0.311 e. The molecule has 0 radical (unpaired) electrons. The van der Waals surface area contributed by atoms with E-state index >= 15 is 0 Å². The van der Waals surface area contributed by atoms with Crippen LogP contribution in [0.25, 0.3) is 10.9 Å². The summed E-state index contributed by atoms with van der Waals surface area (Å²) in [7, 11) is 1.40. The third-order valence-corrected chi connectivity index (χ3v) is 6.24. The predicted octanol–water partition coefficient (Wildman–Crippen LogP) is 5.84. The van der Waals surface area contributed by atoms with Gasteiger partial charge in [0.25, 0.3) is 0 Å². The first kappa shape index (κ1) is 22.0. The number of halogens is 1. The van der Waals surface area contributed by atoms with Crippen LogP contribution in [0.2, 0.25) is 0 Å². The molecular weight excluding hydrogens is 401 g/mol. The van der Waals surface area contributed by atoms with Gasteiger partial charge in [-0.1, -0.05) is 62.3 Å². The van der Waals surface area contributed by atoms with Crippen LogP contribution in [-0.4, -0.2) is 27.7 Å². The van der Waals surface area contributed by atoms with Crippen LogP contribution in [0.5, 0.6) is 5.75 Å². The number of fused-ring (bicyclic) bond motifs is 1. The molecule has 2 aromatic carbocycles. The second-order valence-electron chi connectivity index (χ2n) is 7.71. The number of aromatic nitrogens is 1. The van der Waals surface area contributed by atoms with Gasteiger partial charge in [-0.15, -0.1) is 0 Å². The van der Waals surface area contributed by atoms with Crippen LogP contribution < -0.4 is 4.74 Å². The Kier molecular flexibility index (Phi) is 6.27. The van der Waals surface area contributed by atoms with Gasteiger partial charge >= 0.3 is 5.97 Å². The van der Waals surface area contributed by atoms with Crippen molar-refractivity contribution < 1.29 is 19.0 Å². The number of aryl methyl sites for hydroxylation is 1. The Hall–Kier alpha value is -2.73. The molecule has 2 atom stereocenters. The van der Waals surface area contributed by atoms with E-state index in [0.29, 0.717) is 33.6 Å². The van der Waals surface area contributed by atoms with E-state index in [1.165, 1.54) is 13.2 Å². The molecule has 0 saturated heterocycles. The van der Waals surface area contributed by atoms with Gasteiger partial charge in [-0.05, 0) is 31.4 Å². The largest absolute Gasteiger partial charge is 0.494 e. The Morgan fingerprint density at radius 3 is 2.40 bits per heavy atom. The third-order valence-electron chi connectivity index (χ3n) is 5.82. The highest BCUT2D eigenvalue weighted by Crippen LogP contribution is 2.39. The van der Waals surface area contributed by atoms with E-state index in [1.807, 2.05) is 52.0 Å². The zero-order valence-electron chi connectivity index (χ0n) is 17.8. The van der Waals surface area contributed by atoms with Gasteiger partial charge in [-0.25, -0.2) is 4.39 Å². The first-order valence-corrected chi connectivity index (χ1v) is 10.3. The van der Waals surface area contributed by atoms with Gasteiger partial charge in [-0.3, -0.25) is 4.79 Å². The van der Waals surface area contributed by atoms with Crippen LogP contribution in [0.15, 0.2) is 36.4 Å². The predicted molar refractivity (Wildman–Crippen MR) is 121 cm³/mol. The summed E-state index contributed by atoms with van der Waals surface area (Å²) in [5.74, 6) is -2.19. The quantitative estimate of drug-likeness (QED) is 0.502. The molecule has 0 aliphatic heterocycles. The van der Waals surface area contributed by atoms with Crippen LogP contribution in [0, 0.1) is 25.6 Å². The highest BCUT2D eigenvalue weighted by Gasteiger charge is 2.32. The van der Waals surface area contributed by atoms with Crippen molar-refractivity contribution in [1.29, 1.82) is 0 Å². The molecule has 0 aliphatic carbocycles. The Morgan fingerprint density at radius 2 is 1.87 bits per heavy atom. The number of rotatable bonds is 6. The van der Waals surface area contributed by atoms with E-state index < -0.39 is 17.7 Å². The van der Waals surface area contributed by atoms with Crippen LogP contribution in [0.3, 0.4) is 0 Å². The minimum atomic E-state index is -0.906. The van der Waals surface area contributed by atoms with Crippen LogP contribution in [0.1, 0.15) is 48.6 Å². The van der Waals surface area contributed by atoms with Crippen LogP contribution >= 0.6 is 12.2 Å². The summed E-state index contributed by atoms with van der Waals surface area (Å²) in [5.41, 5.74) is 3.82. The summed E-state index contributed by atoms with van der Waals surface area (Å²) in [6.45, 7) is 7.72. The number of benzene rings is 2.